The van der Waals surface area contributed by atoms with E-state index < -0.39 is 0 Å². The van der Waals surface area contributed by atoms with Gasteiger partial charge < -0.3 is 34.5 Å². The Bertz CT molecular complexity index is 1220. The average Bonchev–Trinajstić information content (AvgIpc) is 3.03. The summed E-state index contributed by atoms with van der Waals surface area (Å²) in [6.07, 6.45) is -0.0831. The van der Waals surface area contributed by atoms with Gasteiger partial charge in [0.15, 0.2) is 11.5 Å². The minimum Gasteiger partial charge on any atom is -0.493 e. The topological polar surface area (TPSA) is 93.2 Å². The monoisotopic (exact) mass is 582 g/mol. The third kappa shape index (κ3) is 9.34. The number of anilines is 3. The molecule has 0 aliphatic carbocycles. The maximum Gasteiger partial charge on any atom is 0.228 e. The van der Waals surface area contributed by atoms with Gasteiger partial charge in [0.25, 0.3) is 0 Å². The molecule has 5 rings (SSSR count). The summed E-state index contributed by atoms with van der Waals surface area (Å²) >= 11 is 0. The highest BCUT2D eigenvalue weighted by molar-refractivity contribution is 5.93. The molecule has 2 aromatic carbocycles. The van der Waals surface area contributed by atoms with Crippen LogP contribution in [0.15, 0.2) is 36.4 Å². The van der Waals surface area contributed by atoms with Crippen molar-refractivity contribution in [3.05, 3.63) is 42.0 Å². The van der Waals surface area contributed by atoms with Crippen LogP contribution in [-0.4, -0.2) is 93.9 Å². The molecule has 1 aromatic heterocycles. The standard InChI is InChI=1S/C28H38N6O4.2C2H6/c1-20-5-4-6-22(17-20)29-21(2)30-27-23-18-26(38-16-9-33-7-12-36-13-8-33)25(35-3)19-24(23)31-28(32-27)34-10-14-37-15-11-34;2*1-2/h4-6,17-19,21,29H,7-16H2,1-3H3,(H,30,31,32);2*1-2H3. The summed E-state index contributed by atoms with van der Waals surface area (Å²) in [5.41, 5.74) is 3.05. The summed E-state index contributed by atoms with van der Waals surface area (Å²) in [5, 5.41) is 7.97. The van der Waals surface area contributed by atoms with Gasteiger partial charge in [-0.1, -0.05) is 39.8 Å². The summed E-state index contributed by atoms with van der Waals surface area (Å²) in [6, 6.07) is 12.2. The predicted octanol–water partition coefficient (Wildman–Crippen LogP) is 5.42. The third-order valence-corrected chi connectivity index (χ3v) is 6.79. The van der Waals surface area contributed by atoms with Crippen molar-refractivity contribution in [3.63, 3.8) is 0 Å². The minimum absolute atomic E-state index is 0.0831. The lowest BCUT2D eigenvalue weighted by Gasteiger charge is -2.28. The molecule has 10 heteroatoms. The first-order valence-electron chi connectivity index (χ1n) is 15.3. The fourth-order valence-corrected chi connectivity index (χ4v) is 4.75. The fourth-order valence-electron chi connectivity index (χ4n) is 4.75. The normalized spacial score (nSPS) is 15.9. The lowest BCUT2D eigenvalue weighted by Crippen LogP contribution is -2.38. The van der Waals surface area contributed by atoms with Crippen LogP contribution in [-0.2, 0) is 9.47 Å². The highest BCUT2D eigenvalue weighted by Crippen LogP contribution is 2.35. The van der Waals surface area contributed by atoms with Crippen LogP contribution < -0.4 is 25.0 Å². The molecule has 10 nitrogen and oxygen atoms in total. The van der Waals surface area contributed by atoms with E-state index in [1.165, 1.54) is 5.56 Å². The first-order valence-corrected chi connectivity index (χ1v) is 15.3. The number of hydrogen-bond acceptors (Lipinski definition) is 10. The summed E-state index contributed by atoms with van der Waals surface area (Å²) in [4.78, 5) is 14.4. The Labute approximate surface area is 251 Å². The molecule has 1 atom stereocenters. The van der Waals surface area contributed by atoms with Crippen LogP contribution in [0.3, 0.4) is 0 Å². The van der Waals surface area contributed by atoms with Crippen molar-refractivity contribution < 1.29 is 18.9 Å². The first-order chi connectivity index (χ1) is 20.6. The van der Waals surface area contributed by atoms with Crippen LogP contribution in [0.2, 0.25) is 0 Å². The van der Waals surface area contributed by atoms with Crippen molar-refractivity contribution in [1.29, 1.82) is 0 Å². The quantitative estimate of drug-likeness (QED) is 0.302. The van der Waals surface area contributed by atoms with Crippen molar-refractivity contribution in [2.24, 2.45) is 0 Å². The molecule has 3 heterocycles. The van der Waals surface area contributed by atoms with E-state index in [1.807, 2.05) is 45.9 Å². The Morgan fingerprint density at radius 3 is 2.24 bits per heavy atom. The van der Waals surface area contributed by atoms with Crippen molar-refractivity contribution in [2.75, 3.05) is 88.4 Å². The molecule has 2 N–H and O–H groups in total. The van der Waals surface area contributed by atoms with E-state index in [9.17, 15) is 0 Å². The highest BCUT2D eigenvalue weighted by Gasteiger charge is 2.20. The van der Waals surface area contributed by atoms with E-state index in [0.29, 0.717) is 37.3 Å². The summed E-state index contributed by atoms with van der Waals surface area (Å²) in [7, 11) is 1.66. The van der Waals surface area contributed by atoms with Gasteiger partial charge in [-0.05, 0) is 37.6 Å². The Morgan fingerprint density at radius 1 is 0.881 bits per heavy atom. The molecule has 0 saturated carbocycles. The van der Waals surface area contributed by atoms with Gasteiger partial charge in [0.2, 0.25) is 5.95 Å². The lowest BCUT2D eigenvalue weighted by atomic mass is 10.2. The van der Waals surface area contributed by atoms with Crippen molar-refractivity contribution in [2.45, 2.75) is 47.7 Å². The number of aromatic nitrogens is 2. The number of nitrogens with zero attached hydrogens (tertiary/aromatic N) is 4. The molecule has 0 radical (unpaired) electrons. The molecule has 232 valence electrons. The number of benzene rings is 2. The van der Waals surface area contributed by atoms with Gasteiger partial charge in [0, 0.05) is 49.9 Å². The van der Waals surface area contributed by atoms with Gasteiger partial charge in [-0.25, -0.2) is 4.98 Å². The van der Waals surface area contributed by atoms with Crippen LogP contribution in [0.25, 0.3) is 10.9 Å². The smallest absolute Gasteiger partial charge is 0.228 e. The molecule has 0 bridgehead atoms. The zero-order valence-corrected chi connectivity index (χ0v) is 26.5. The summed E-state index contributed by atoms with van der Waals surface area (Å²) in [6.45, 7) is 19.8. The van der Waals surface area contributed by atoms with Gasteiger partial charge in [-0.2, -0.15) is 4.98 Å². The van der Waals surface area contributed by atoms with Crippen LogP contribution in [0.4, 0.5) is 17.5 Å². The molecule has 0 amide bonds. The third-order valence-electron chi connectivity index (χ3n) is 6.79. The molecular weight excluding hydrogens is 532 g/mol. The number of hydrogen-bond donors (Lipinski definition) is 2. The average molecular weight is 583 g/mol. The van der Waals surface area contributed by atoms with Gasteiger partial charge in [-0.15, -0.1) is 0 Å². The van der Waals surface area contributed by atoms with E-state index in [-0.39, 0.29) is 6.17 Å². The summed E-state index contributed by atoms with van der Waals surface area (Å²) < 4.78 is 22.9. The van der Waals surface area contributed by atoms with Crippen molar-refractivity contribution in [1.82, 2.24) is 14.9 Å². The van der Waals surface area contributed by atoms with Gasteiger partial charge >= 0.3 is 0 Å². The van der Waals surface area contributed by atoms with Crippen LogP contribution in [0.1, 0.15) is 40.2 Å². The van der Waals surface area contributed by atoms with Crippen LogP contribution in [0.5, 0.6) is 11.5 Å². The Kier molecular flexibility index (Phi) is 13.9. The van der Waals surface area contributed by atoms with Gasteiger partial charge in [0.05, 0.1) is 45.2 Å². The highest BCUT2D eigenvalue weighted by atomic mass is 16.5. The Balaban J connectivity index is 0.00000116. The number of nitrogens with one attached hydrogen (secondary N) is 2. The predicted molar refractivity (Wildman–Crippen MR) is 172 cm³/mol. The molecule has 42 heavy (non-hydrogen) atoms. The number of rotatable bonds is 10. The van der Waals surface area contributed by atoms with E-state index in [4.69, 9.17) is 28.9 Å². The molecule has 0 spiro atoms. The molecule has 2 fully saturated rings. The number of fused-ring (bicyclic) bond motifs is 1. The maximum absolute atomic E-state index is 6.22. The largest absolute Gasteiger partial charge is 0.493 e. The second-order valence-corrected chi connectivity index (χ2v) is 9.67. The van der Waals surface area contributed by atoms with Crippen LogP contribution >= 0.6 is 0 Å². The van der Waals surface area contributed by atoms with E-state index in [2.05, 4.69) is 52.5 Å². The summed E-state index contributed by atoms with van der Waals surface area (Å²) in [5.74, 6) is 2.75. The molecular formula is C32H50N6O4. The van der Waals surface area contributed by atoms with Gasteiger partial charge in [0.1, 0.15) is 12.4 Å². The first kappa shape index (κ1) is 33.2. The van der Waals surface area contributed by atoms with Crippen molar-refractivity contribution in [3.8, 4) is 11.5 Å². The van der Waals surface area contributed by atoms with E-state index >= 15 is 0 Å². The number of aryl methyl sites for hydroxylation is 1. The van der Waals surface area contributed by atoms with Gasteiger partial charge in [-0.3, -0.25) is 4.90 Å². The number of morpholine rings is 2. The van der Waals surface area contributed by atoms with E-state index in [1.54, 1.807) is 7.11 Å². The molecule has 3 aromatic rings. The Morgan fingerprint density at radius 2 is 1.57 bits per heavy atom. The van der Waals surface area contributed by atoms with Crippen molar-refractivity contribution >= 4 is 28.4 Å². The minimum atomic E-state index is -0.0831. The fraction of sp³-hybridized carbons (Fsp3) is 0.562. The maximum atomic E-state index is 6.22. The second kappa shape index (κ2) is 17.6. The Hall–Kier alpha value is -3.34. The molecule has 2 aliphatic rings. The SMILES string of the molecule is CC.CC.COc1cc2nc(N3CCOCC3)nc(NC(C)Nc3cccc(C)c3)c2cc1OCCN1CCOCC1. The molecule has 2 saturated heterocycles. The van der Waals surface area contributed by atoms with Crippen LogP contribution in [0, 0.1) is 6.92 Å². The number of methoxy groups -OCH3 is 1. The molecule has 2 aliphatic heterocycles. The second-order valence-electron chi connectivity index (χ2n) is 9.67. The molecule has 1 unspecified atom stereocenters. The van der Waals surface area contributed by atoms with E-state index in [0.717, 1.165) is 68.3 Å². The lowest BCUT2D eigenvalue weighted by molar-refractivity contribution is 0.0321. The zero-order valence-electron chi connectivity index (χ0n) is 26.5. The number of ether oxygens (including phenoxy) is 4. The zero-order chi connectivity index (χ0) is 30.3.